The van der Waals surface area contributed by atoms with Crippen LogP contribution in [0.25, 0.3) is 0 Å². The predicted octanol–water partition coefficient (Wildman–Crippen LogP) is 5.80. The molecule has 4 aliphatic carbocycles. The third-order valence-corrected chi connectivity index (χ3v) is 10.5. The van der Waals surface area contributed by atoms with Gasteiger partial charge in [0.05, 0.1) is 6.10 Å². The van der Waals surface area contributed by atoms with Crippen molar-refractivity contribution in [3.8, 4) is 0 Å². The Balaban J connectivity index is 1.56. The van der Waals surface area contributed by atoms with E-state index >= 15 is 0 Å². The lowest BCUT2D eigenvalue weighted by Gasteiger charge is -2.63. The molecule has 0 bridgehead atoms. The van der Waals surface area contributed by atoms with Crippen LogP contribution in [0.2, 0.25) is 0 Å². The smallest absolute Gasteiger partial charge is 0.0543 e. The fraction of sp³-hybridized carbons (Fsp3) is 1.00. The summed E-state index contributed by atoms with van der Waals surface area (Å²) >= 11 is 0. The number of hydrogen-bond acceptors (Lipinski definition) is 2. The molecule has 0 radical (unpaired) electrons. The van der Waals surface area contributed by atoms with E-state index in [1.165, 1.54) is 57.8 Å². The summed E-state index contributed by atoms with van der Waals surface area (Å²) in [7, 11) is 0. The molecule has 0 spiro atoms. The fourth-order valence-electron chi connectivity index (χ4n) is 9.02. The fourth-order valence-corrected chi connectivity index (χ4v) is 9.02. The first-order valence-electron chi connectivity index (χ1n) is 12.2. The highest BCUT2D eigenvalue weighted by atomic mass is 16.3. The maximum atomic E-state index is 10.4. The molecule has 2 nitrogen and oxygen atoms in total. The highest BCUT2D eigenvalue weighted by Gasteiger charge is 2.61. The molecule has 4 rings (SSSR count). The van der Waals surface area contributed by atoms with Crippen molar-refractivity contribution in [2.45, 2.75) is 104 Å². The first kappa shape index (κ1) is 20.2. The van der Waals surface area contributed by atoms with Crippen molar-refractivity contribution < 1.29 is 10.2 Å². The van der Waals surface area contributed by atoms with Crippen LogP contribution in [0.3, 0.4) is 0 Å². The molecule has 0 aromatic rings. The zero-order valence-corrected chi connectivity index (χ0v) is 18.1. The summed E-state index contributed by atoms with van der Waals surface area (Å²) in [5.41, 5.74) is 1.05. The Labute approximate surface area is 167 Å². The van der Waals surface area contributed by atoms with Crippen LogP contribution < -0.4 is 0 Å². The van der Waals surface area contributed by atoms with E-state index in [2.05, 4.69) is 20.8 Å². The van der Waals surface area contributed by atoms with Crippen molar-refractivity contribution in [2.75, 3.05) is 6.61 Å². The van der Waals surface area contributed by atoms with E-state index in [9.17, 15) is 10.2 Å². The van der Waals surface area contributed by atoms with E-state index in [1.807, 2.05) is 0 Å². The monoisotopic (exact) mass is 376 g/mol. The van der Waals surface area contributed by atoms with E-state index in [1.54, 1.807) is 0 Å². The van der Waals surface area contributed by atoms with Gasteiger partial charge in [-0.2, -0.15) is 0 Å². The van der Waals surface area contributed by atoms with Crippen molar-refractivity contribution in [3.05, 3.63) is 0 Å². The second-order valence-corrected chi connectivity index (χ2v) is 11.4. The summed E-state index contributed by atoms with van der Waals surface area (Å²) in [5, 5.41) is 19.6. The number of fused-ring (bicyclic) bond motifs is 5. The first-order valence-corrected chi connectivity index (χ1v) is 12.2. The van der Waals surface area contributed by atoms with Crippen LogP contribution in [0.15, 0.2) is 0 Å². The summed E-state index contributed by atoms with van der Waals surface area (Å²) < 4.78 is 0. The predicted molar refractivity (Wildman–Crippen MR) is 111 cm³/mol. The van der Waals surface area contributed by atoms with Crippen molar-refractivity contribution in [1.82, 2.24) is 0 Å². The summed E-state index contributed by atoms with van der Waals surface area (Å²) in [4.78, 5) is 0. The summed E-state index contributed by atoms with van der Waals surface area (Å²) in [5.74, 6) is 5.28. The van der Waals surface area contributed by atoms with Gasteiger partial charge in [-0.1, -0.05) is 33.6 Å². The van der Waals surface area contributed by atoms with Crippen molar-refractivity contribution in [1.29, 1.82) is 0 Å². The Morgan fingerprint density at radius 2 is 1.59 bits per heavy atom. The van der Waals surface area contributed by atoms with Gasteiger partial charge in [0.1, 0.15) is 0 Å². The average molecular weight is 377 g/mol. The lowest BCUT2D eigenvalue weighted by molar-refractivity contribution is -0.150. The van der Waals surface area contributed by atoms with Gasteiger partial charge in [0.2, 0.25) is 0 Å². The minimum absolute atomic E-state index is 0.0371. The molecule has 0 saturated heterocycles. The maximum absolute atomic E-state index is 10.4. The molecule has 27 heavy (non-hydrogen) atoms. The highest BCUT2D eigenvalue weighted by Crippen LogP contribution is 2.69. The second-order valence-electron chi connectivity index (χ2n) is 11.4. The van der Waals surface area contributed by atoms with Gasteiger partial charge in [-0.05, 0) is 111 Å². The average Bonchev–Trinajstić information content (AvgIpc) is 2.99. The molecule has 9 atom stereocenters. The quantitative estimate of drug-likeness (QED) is 0.595. The zero-order valence-electron chi connectivity index (χ0n) is 18.1. The molecule has 0 aromatic carbocycles. The third-order valence-electron chi connectivity index (χ3n) is 10.5. The number of aliphatic hydroxyl groups is 2. The molecule has 0 aliphatic heterocycles. The molecular formula is C25H44O2. The van der Waals surface area contributed by atoms with Crippen molar-refractivity contribution >= 4 is 0 Å². The molecular weight excluding hydrogens is 332 g/mol. The topological polar surface area (TPSA) is 40.5 Å². The molecule has 0 amide bonds. The van der Waals surface area contributed by atoms with Gasteiger partial charge in [0, 0.05) is 6.61 Å². The number of aliphatic hydroxyl groups excluding tert-OH is 2. The molecule has 9 unspecified atom stereocenters. The zero-order chi connectivity index (χ0) is 19.2. The summed E-state index contributed by atoms with van der Waals surface area (Å²) in [6.07, 6.45) is 15.4. The second kappa shape index (κ2) is 7.63. The Hall–Kier alpha value is -0.0800. The molecule has 4 fully saturated rings. The summed E-state index contributed by atoms with van der Waals surface area (Å²) in [6, 6.07) is 0. The molecule has 0 heterocycles. The van der Waals surface area contributed by atoms with E-state index in [4.69, 9.17) is 0 Å². The molecule has 2 heteroatoms. The van der Waals surface area contributed by atoms with Crippen LogP contribution in [0, 0.1) is 46.3 Å². The molecule has 156 valence electrons. The lowest BCUT2D eigenvalue weighted by Crippen LogP contribution is -2.56. The standard InChI is InChI=1S/C25H44O2/c1-4-17-15-20-21-9-8-18(7-5-6-14-26)24(21,2)13-11-22(20)25(3)12-10-19(27)16-23(17)25/h17-23,26-27H,4-16H2,1-3H3. The third kappa shape index (κ3) is 3.21. The van der Waals surface area contributed by atoms with Gasteiger partial charge < -0.3 is 10.2 Å². The minimum atomic E-state index is -0.0371. The Morgan fingerprint density at radius 3 is 2.33 bits per heavy atom. The van der Waals surface area contributed by atoms with E-state index < -0.39 is 0 Å². The van der Waals surface area contributed by atoms with Gasteiger partial charge in [0.25, 0.3) is 0 Å². The van der Waals surface area contributed by atoms with Crippen molar-refractivity contribution in [2.24, 2.45) is 46.3 Å². The van der Waals surface area contributed by atoms with Crippen LogP contribution in [0.4, 0.5) is 0 Å². The SMILES string of the molecule is CCC1CC2C3CCC(CCCCO)C3(C)CCC2C2(C)CCC(O)CC12. The van der Waals surface area contributed by atoms with Crippen LogP contribution in [0.5, 0.6) is 0 Å². The minimum Gasteiger partial charge on any atom is -0.396 e. The van der Waals surface area contributed by atoms with Gasteiger partial charge >= 0.3 is 0 Å². The van der Waals surface area contributed by atoms with Gasteiger partial charge in [0.15, 0.2) is 0 Å². The molecule has 4 saturated carbocycles. The van der Waals surface area contributed by atoms with Gasteiger partial charge in [-0.25, -0.2) is 0 Å². The van der Waals surface area contributed by atoms with E-state index in [0.717, 1.165) is 54.8 Å². The molecule has 4 aliphatic rings. The van der Waals surface area contributed by atoms with Crippen LogP contribution in [-0.2, 0) is 0 Å². The number of rotatable bonds is 5. The Kier molecular flexibility index (Phi) is 5.71. The van der Waals surface area contributed by atoms with Crippen LogP contribution >= 0.6 is 0 Å². The lowest BCUT2D eigenvalue weighted by atomic mass is 9.42. The van der Waals surface area contributed by atoms with Crippen molar-refractivity contribution in [3.63, 3.8) is 0 Å². The Morgan fingerprint density at radius 1 is 0.852 bits per heavy atom. The number of unbranched alkanes of at least 4 members (excludes halogenated alkanes) is 1. The Bertz CT molecular complexity index is 518. The van der Waals surface area contributed by atoms with Crippen LogP contribution in [0.1, 0.15) is 97.8 Å². The highest BCUT2D eigenvalue weighted by molar-refractivity contribution is 5.10. The number of hydrogen-bond donors (Lipinski definition) is 2. The maximum Gasteiger partial charge on any atom is 0.0543 e. The first-order chi connectivity index (χ1) is 12.9. The van der Waals surface area contributed by atoms with Crippen LogP contribution in [-0.4, -0.2) is 22.9 Å². The normalized spacial score (nSPS) is 52.1. The largest absolute Gasteiger partial charge is 0.396 e. The van der Waals surface area contributed by atoms with E-state index in [-0.39, 0.29) is 6.10 Å². The molecule has 2 N–H and O–H groups in total. The summed E-state index contributed by atoms with van der Waals surface area (Å²) in [6.45, 7) is 8.03. The molecule has 0 aromatic heterocycles. The van der Waals surface area contributed by atoms with Gasteiger partial charge in [-0.15, -0.1) is 0 Å². The van der Waals surface area contributed by atoms with Gasteiger partial charge in [-0.3, -0.25) is 0 Å². The van der Waals surface area contributed by atoms with E-state index in [0.29, 0.717) is 17.4 Å².